The molecule has 0 fully saturated rings. The molecular weight excluding hydrogens is 232 g/mol. The van der Waals surface area contributed by atoms with Crippen LogP contribution in [0.2, 0.25) is 5.02 Å². The lowest BCUT2D eigenvalue weighted by Gasteiger charge is -2.08. The van der Waals surface area contributed by atoms with E-state index in [2.05, 4.69) is 0 Å². The lowest BCUT2D eigenvalue weighted by atomic mass is 10.1. The molecule has 0 saturated carbocycles. The van der Waals surface area contributed by atoms with Gasteiger partial charge in [-0.05, 0) is 24.1 Å². The molecule has 2 nitrogen and oxygen atoms in total. The molecule has 4 heteroatoms. The van der Waals surface area contributed by atoms with Crippen LogP contribution in [-0.2, 0) is 4.79 Å². The largest absolute Gasteiger partial charge is 0.477 e. The Labute approximate surface area is 96.9 Å². The van der Waals surface area contributed by atoms with Crippen LogP contribution >= 0.6 is 23.4 Å². The fraction of sp³-hybridized carbons (Fsp3) is 0.182. The van der Waals surface area contributed by atoms with Gasteiger partial charge in [-0.3, -0.25) is 0 Å². The molecule has 0 amide bonds. The molecule has 1 aromatic rings. The summed E-state index contributed by atoms with van der Waals surface area (Å²) >= 11 is 7.18. The molecule has 1 aliphatic heterocycles. The quantitative estimate of drug-likeness (QED) is 0.860. The molecular formula is C11H9ClO2S. The molecule has 1 aromatic carbocycles. The van der Waals surface area contributed by atoms with Crippen molar-refractivity contribution in [2.24, 2.45) is 0 Å². The third-order valence-electron chi connectivity index (χ3n) is 2.24. The summed E-state index contributed by atoms with van der Waals surface area (Å²) in [6.07, 6.45) is 2.54. The Balaban J connectivity index is 2.10. The number of carboxylic acid groups (broad SMARTS) is 1. The summed E-state index contributed by atoms with van der Waals surface area (Å²) in [4.78, 5) is 11.2. The van der Waals surface area contributed by atoms with E-state index in [1.165, 1.54) is 11.8 Å². The molecule has 0 radical (unpaired) electrons. The Kier molecular flexibility index (Phi) is 3.03. The van der Waals surface area contributed by atoms with Crippen LogP contribution in [0.1, 0.15) is 17.2 Å². The normalized spacial score (nSPS) is 20.1. The van der Waals surface area contributed by atoms with Crippen molar-refractivity contribution in [3.63, 3.8) is 0 Å². The van der Waals surface area contributed by atoms with Crippen molar-refractivity contribution in [1.82, 2.24) is 0 Å². The molecule has 15 heavy (non-hydrogen) atoms. The first-order valence-corrected chi connectivity index (χ1v) is 5.78. The zero-order valence-electron chi connectivity index (χ0n) is 7.81. The van der Waals surface area contributed by atoms with Crippen LogP contribution in [0, 0.1) is 0 Å². The van der Waals surface area contributed by atoms with E-state index < -0.39 is 5.97 Å². The molecule has 78 valence electrons. The first-order chi connectivity index (χ1) is 7.16. The third-order valence-corrected chi connectivity index (χ3v) is 3.84. The first-order valence-electron chi connectivity index (χ1n) is 4.52. The van der Waals surface area contributed by atoms with Gasteiger partial charge >= 0.3 is 5.97 Å². The van der Waals surface area contributed by atoms with E-state index in [4.69, 9.17) is 16.7 Å². The minimum absolute atomic E-state index is 0.216. The second-order valence-electron chi connectivity index (χ2n) is 3.27. The molecule has 1 aliphatic rings. The van der Waals surface area contributed by atoms with Gasteiger partial charge in [-0.1, -0.05) is 29.8 Å². The SMILES string of the molecule is O=C(O)C1=CCC(c2ccc(Cl)cc2)S1. The molecule has 0 bridgehead atoms. The van der Waals surface area contributed by atoms with Crippen LogP contribution < -0.4 is 0 Å². The minimum Gasteiger partial charge on any atom is -0.477 e. The van der Waals surface area contributed by atoms with E-state index in [-0.39, 0.29) is 5.25 Å². The van der Waals surface area contributed by atoms with E-state index in [0.717, 1.165) is 12.0 Å². The average Bonchev–Trinajstić information content (AvgIpc) is 2.68. The maximum atomic E-state index is 10.7. The highest BCUT2D eigenvalue weighted by Gasteiger charge is 2.23. The van der Waals surface area contributed by atoms with Crippen LogP contribution in [0.15, 0.2) is 35.2 Å². The van der Waals surface area contributed by atoms with Gasteiger partial charge in [-0.2, -0.15) is 0 Å². The number of halogens is 1. The Morgan fingerprint density at radius 1 is 1.40 bits per heavy atom. The minimum atomic E-state index is -0.837. The number of carboxylic acids is 1. The van der Waals surface area contributed by atoms with E-state index in [1.807, 2.05) is 24.3 Å². The zero-order valence-corrected chi connectivity index (χ0v) is 9.39. The number of hydrogen-bond donors (Lipinski definition) is 1. The van der Waals surface area contributed by atoms with Crippen LogP contribution in [0.4, 0.5) is 0 Å². The highest BCUT2D eigenvalue weighted by molar-refractivity contribution is 8.04. The van der Waals surface area contributed by atoms with Crippen LogP contribution in [-0.4, -0.2) is 11.1 Å². The first kappa shape index (κ1) is 10.6. The number of benzene rings is 1. The fourth-order valence-corrected chi connectivity index (χ4v) is 2.69. The summed E-state index contributed by atoms with van der Waals surface area (Å²) in [6.45, 7) is 0. The predicted molar refractivity (Wildman–Crippen MR) is 62.1 cm³/mol. The van der Waals surface area contributed by atoms with Gasteiger partial charge in [0.2, 0.25) is 0 Å². The smallest absolute Gasteiger partial charge is 0.341 e. The highest BCUT2D eigenvalue weighted by Crippen LogP contribution is 2.43. The third kappa shape index (κ3) is 2.36. The summed E-state index contributed by atoms with van der Waals surface area (Å²) in [5.74, 6) is -0.837. The molecule has 1 unspecified atom stereocenters. The molecule has 2 rings (SSSR count). The van der Waals surface area contributed by atoms with Crippen molar-refractivity contribution < 1.29 is 9.90 Å². The maximum absolute atomic E-state index is 10.7. The van der Waals surface area contributed by atoms with E-state index in [1.54, 1.807) is 6.08 Å². The van der Waals surface area contributed by atoms with Crippen LogP contribution in [0.3, 0.4) is 0 Å². The Hall–Kier alpha value is -0.930. The van der Waals surface area contributed by atoms with Crippen molar-refractivity contribution in [2.45, 2.75) is 11.7 Å². The van der Waals surface area contributed by atoms with Crippen LogP contribution in [0.25, 0.3) is 0 Å². The number of hydrogen-bond acceptors (Lipinski definition) is 2. The monoisotopic (exact) mass is 240 g/mol. The standard InChI is InChI=1S/C11H9ClO2S/c12-8-3-1-7(2-4-8)9-5-6-10(15-9)11(13)14/h1-4,6,9H,5H2,(H,13,14). The Morgan fingerprint density at radius 3 is 2.60 bits per heavy atom. The number of rotatable bonds is 2. The number of thioether (sulfide) groups is 1. The molecule has 0 spiro atoms. The zero-order chi connectivity index (χ0) is 10.8. The maximum Gasteiger partial charge on any atom is 0.341 e. The summed E-state index contributed by atoms with van der Waals surface area (Å²) in [5.41, 5.74) is 1.12. The van der Waals surface area contributed by atoms with Gasteiger partial charge in [-0.15, -0.1) is 11.8 Å². The average molecular weight is 241 g/mol. The number of aliphatic carboxylic acids is 1. The summed E-state index contributed by atoms with van der Waals surface area (Å²) < 4.78 is 0. The summed E-state index contributed by atoms with van der Waals surface area (Å²) in [5, 5.41) is 9.73. The second kappa shape index (κ2) is 4.29. The molecule has 0 aromatic heterocycles. The van der Waals surface area contributed by atoms with Crippen molar-refractivity contribution in [1.29, 1.82) is 0 Å². The van der Waals surface area contributed by atoms with Gasteiger partial charge in [-0.25, -0.2) is 4.79 Å². The lowest BCUT2D eigenvalue weighted by Crippen LogP contribution is -1.94. The Bertz CT molecular complexity index is 411. The van der Waals surface area contributed by atoms with Crippen molar-refractivity contribution in [2.75, 3.05) is 0 Å². The molecule has 0 aliphatic carbocycles. The van der Waals surface area contributed by atoms with Crippen molar-refractivity contribution in [3.8, 4) is 0 Å². The second-order valence-corrected chi connectivity index (χ2v) is 4.95. The van der Waals surface area contributed by atoms with Crippen molar-refractivity contribution >= 4 is 29.3 Å². The molecule has 1 heterocycles. The number of allylic oxidation sites excluding steroid dienone is 1. The van der Waals surface area contributed by atoms with E-state index >= 15 is 0 Å². The molecule has 1 atom stereocenters. The van der Waals surface area contributed by atoms with Gasteiger partial charge in [0, 0.05) is 10.3 Å². The number of carbonyl (C=O) groups is 1. The lowest BCUT2D eigenvalue weighted by molar-refractivity contribution is -0.131. The van der Waals surface area contributed by atoms with Gasteiger partial charge in [0.05, 0.1) is 4.91 Å². The van der Waals surface area contributed by atoms with E-state index in [0.29, 0.717) is 9.93 Å². The van der Waals surface area contributed by atoms with Gasteiger partial charge in [0.25, 0.3) is 0 Å². The van der Waals surface area contributed by atoms with E-state index in [9.17, 15) is 4.79 Å². The van der Waals surface area contributed by atoms with Crippen molar-refractivity contribution in [3.05, 3.63) is 45.8 Å². The van der Waals surface area contributed by atoms with Gasteiger partial charge in [0.1, 0.15) is 0 Å². The highest BCUT2D eigenvalue weighted by atomic mass is 35.5. The summed E-state index contributed by atoms with van der Waals surface area (Å²) in [7, 11) is 0. The summed E-state index contributed by atoms with van der Waals surface area (Å²) in [6, 6.07) is 7.55. The topological polar surface area (TPSA) is 37.3 Å². The predicted octanol–water partition coefficient (Wildman–Crippen LogP) is 3.49. The Morgan fingerprint density at radius 2 is 2.07 bits per heavy atom. The fourth-order valence-electron chi connectivity index (χ4n) is 1.48. The van der Waals surface area contributed by atoms with Gasteiger partial charge in [0.15, 0.2) is 0 Å². The molecule has 0 saturated heterocycles. The van der Waals surface area contributed by atoms with Gasteiger partial charge < -0.3 is 5.11 Å². The molecule has 1 N–H and O–H groups in total. The van der Waals surface area contributed by atoms with Crippen LogP contribution in [0.5, 0.6) is 0 Å².